The molecule has 1 aliphatic rings. The Hall–Kier alpha value is -4.86. The van der Waals surface area contributed by atoms with Crippen molar-refractivity contribution in [3.63, 3.8) is 0 Å². The molecule has 39 heavy (non-hydrogen) atoms. The van der Waals surface area contributed by atoms with Crippen LogP contribution < -0.4 is 19.7 Å². The van der Waals surface area contributed by atoms with E-state index in [0.29, 0.717) is 40.9 Å². The van der Waals surface area contributed by atoms with Crippen molar-refractivity contribution in [3.8, 4) is 28.9 Å². The summed E-state index contributed by atoms with van der Waals surface area (Å²) in [5, 5.41) is 14.1. The number of benzene rings is 2. The average molecular weight is 524 g/mol. The number of nitrogens with one attached hydrogen (secondary N) is 1. The van der Waals surface area contributed by atoms with Crippen LogP contribution in [0.1, 0.15) is 34.7 Å². The van der Waals surface area contributed by atoms with Gasteiger partial charge < -0.3 is 23.3 Å². The quantitative estimate of drug-likeness (QED) is 0.316. The number of hydrogen-bond donors (Lipinski definition) is 1. The standard InChI is InChI=1S/C29H29N7O3/c1-19-24-25(20-10-11-22(37-2)23(16-20)38-3)26-27(30)35(14-7-13-34-15-12-31-17-34)18-32-28(26)39-29(24)36(33-19)21-8-5-4-6-9-21/h4-6,8-12,15-18,25,30H,7,13-14H2,1-3H3. The maximum atomic E-state index is 9.26. The first-order valence-corrected chi connectivity index (χ1v) is 12.7. The first-order chi connectivity index (χ1) is 19.1. The van der Waals surface area contributed by atoms with Crippen LogP contribution in [0.5, 0.6) is 23.3 Å². The van der Waals surface area contributed by atoms with Gasteiger partial charge in [0.1, 0.15) is 11.8 Å². The van der Waals surface area contributed by atoms with Gasteiger partial charge in [0.15, 0.2) is 11.5 Å². The normalized spacial score (nSPS) is 13.9. The van der Waals surface area contributed by atoms with Crippen molar-refractivity contribution >= 4 is 0 Å². The van der Waals surface area contributed by atoms with Gasteiger partial charge in [-0.05, 0) is 43.2 Å². The van der Waals surface area contributed by atoms with E-state index >= 15 is 0 Å². The van der Waals surface area contributed by atoms with Gasteiger partial charge >= 0.3 is 0 Å². The number of nitrogens with zero attached hydrogens (tertiary/aromatic N) is 6. The summed E-state index contributed by atoms with van der Waals surface area (Å²) in [7, 11) is 3.24. The van der Waals surface area contributed by atoms with Crippen molar-refractivity contribution in [3.05, 3.63) is 101 Å². The molecule has 10 nitrogen and oxygen atoms in total. The molecule has 1 unspecified atom stereocenters. The van der Waals surface area contributed by atoms with Gasteiger partial charge in [-0.2, -0.15) is 5.10 Å². The summed E-state index contributed by atoms with van der Waals surface area (Å²) in [5.41, 5.74) is 4.56. The summed E-state index contributed by atoms with van der Waals surface area (Å²) in [6, 6.07) is 15.7. The Balaban J connectivity index is 1.49. The van der Waals surface area contributed by atoms with Gasteiger partial charge in [-0.15, -0.1) is 0 Å². The molecule has 1 N–H and O–H groups in total. The zero-order chi connectivity index (χ0) is 26.9. The molecule has 4 heterocycles. The first kappa shape index (κ1) is 24.5. The molecule has 5 aromatic rings. The zero-order valence-corrected chi connectivity index (χ0v) is 22.0. The van der Waals surface area contributed by atoms with Gasteiger partial charge in [0.05, 0.1) is 49.0 Å². The van der Waals surface area contributed by atoms with Crippen LogP contribution in [0.3, 0.4) is 0 Å². The van der Waals surface area contributed by atoms with E-state index in [4.69, 9.17) is 24.3 Å². The lowest BCUT2D eigenvalue weighted by Gasteiger charge is -2.27. The highest BCUT2D eigenvalue weighted by molar-refractivity contribution is 5.59. The number of imidazole rings is 1. The van der Waals surface area contributed by atoms with Crippen molar-refractivity contribution in [1.29, 1.82) is 5.41 Å². The van der Waals surface area contributed by atoms with Gasteiger partial charge in [-0.3, -0.25) is 5.41 Å². The third kappa shape index (κ3) is 4.33. The number of aromatic nitrogens is 6. The van der Waals surface area contributed by atoms with Gasteiger partial charge in [0.25, 0.3) is 0 Å². The fourth-order valence-electron chi connectivity index (χ4n) is 5.15. The highest BCUT2D eigenvalue weighted by Gasteiger charge is 2.37. The van der Waals surface area contributed by atoms with Crippen LogP contribution >= 0.6 is 0 Å². The molecule has 0 bridgehead atoms. The van der Waals surface area contributed by atoms with E-state index in [1.807, 2.05) is 70.8 Å². The number of methoxy groups -OCH3 is 2. The minimum absolute atomic E-state index is 0.345. The SMILES string of the molecule is COc1ccc(C2c3c(C)nn(-c4ccccc4)c3Oc3ncn(CCCn4ccnc4)c(=N)c32)cc1OC. The molecule has 0 amide bonds. The summed E-state index contributed by atoms with van der Waals surface area (Å²) in [6.07, 6.45) is 8.01. The second-order valence-corrected chi connectivity index (χ2v) is 9.36. The third-order valence-electron chi connectivity index (χ3n) is 7.04. The van der Waals surface area contributed by atoms with Gasteiger partial charge in [0.2, 0.25) is 11.8 Å². The molecule has 198 valence electrons. The highest BCUT2D eigenvalue weighted by atomic mass is 16.5. The van der Waals surface area contributed by atoms with Crippen LogP contribution in [-0.4, -0.2) is 43.1 Å². The van der Waals surface area contributed by atoms with Crippen LogP contribution in [0, 0.1) is 12.3 Å². The molecule has 0 spiro atoms. The second kappa shape index (κ2) is 10.1. The molecule has 10 heteroatoms. The van der Waals surface area contributed by atoms with E-state index in [0.717, 1.165) is 35.5 Å². The van der Waals surface area contributed by atoms with Crippen molar-refractivity contribution in [2.24, 2.45) is 0 Å². The maximum Gasteiger partial charge on any atom is 0.230 e. The number of hydrogen-bond acceptors (Lipinski definition) is 7. The topological polar surface area (TPSA) is 105 Å². The molecule has 0 radical (unpaired) electrons. The Morgan fingerprint density at radius 2 is 1.79 bits per heavy atom. The summed E-state index contributed by atoms with van der Waals surface area (Å²) in [6.45, 7) is 3.40. The summed E-state index contributed by atoms with van der Waals surface area (Å²) < 4.78 is 23.3. The lowest BCUT2D eigenvalue weighted by atomic mass is 9.84. The van der Waals surface area contributed by atoms with E-state index in [1.54, 1.807) is 37.8 Å². The molecule has 0 saturated carbocycles. The molecule has 3 aromatic heterocycles. The number of rotatable bonds is 8. The molecule has 0 saturated heterocycles. The number of ether oxygens (including phenoxy) is 3. The summed E-state index contributed by atoms with van der Waals surface area (Å²) in [4.78, 5) is 8.80. The van der Waals surface area contributed by atoms with E-state index in [2.05, 4.69) is 4.98 Å². The van der Waals surface area contributed by atoms with E-state index in [9.17, 15) is 5.41 Å². The van der Waals surface area contributed by atoms with E-state index in [1.165, 1.54) is 0 Å². The van der Waals surface area contributed by atoms with Crippen LogP contribution in [0.2, 0.25) is 0 Å². The maximum absolute atomic E-state index is 9.26. The molecular weight excluding hydrogens is 494 g/mol. The Morgan fingerprint density at radius 3 is 2.54 bits per heavy atom. The van der Waals surface area contributed by atoms with Crippen LogP contribution in [0.15, 0.2) is 73.6 Å². The predicted molar refractivity (Wildman–Crippen MR) is 144 cm³/mol. The summed E-state index contributed by atoms with van der Waals surface area (Å²) >= 11 is 0. The summed E-state index contributed by atoms with van der Waals surface area (Å²) in [5.74, 6) is 1.90. The molecule has 0 fully saturated rings. The Labute approximate surface area is 225 Å². The van der Waals surface area contributed by atoms with Gasteiger partial charge in [-0.1, -0.05) is 24.3 Å². The number of fused-ring (bicyclic) bond motifs is 2. The molecule has 1 atom stereocenters. The van der Waals surface area contributed by atoms with Crippen LogP contribution in [0.25, 0.3) is 5.69 Å². The third-order valence-corrected chi connectivity index (χ3v) is 7.04. The number of para-hydroxylation sites is 1. The molecule has 2 aromatic carbocycles. The monoisotopic (exact) mass is 523 g/mol. The lowest BCUT2D eigenvalue weighted by molar-refractivity contribution is 0.354. The van der Waals surface area contributed by atoms with Gasteiger partial charge in [0, 0.05) is 25.5 Å². The van der Waals surface area contributed by atoms with Crippen LogP contribution in [0.4, 0.5) is 0 Å². The first-order valence-electron chi connectivity index (χ1n) is 12.7. The van der Waals surface area contributed by atoms with Gasteiger partial charge in [-0.25, -0.2) is 14.6 Å². The lowest BCUT2D eigenvalue weighted by Crippen LogP contribution is -2.30. The molecule has 0 aliphatic carbocycles. The largest absolute Gasteiger partial charge is 0.493 e. The van der Waals surface area contributed by atoms with Crippen molar-refractivity contribution in [2.45, 2.75) is 32.4 Å². The van der Waals surface area contributed by atoms with Crippen molar-refractivity contribution in [2.75, 3.05) is 14.2 Å². The molecule has 6 rings (SSSR count). The minimum Gasteiger partial charge on any atom is -0.493 e. The Morgan fingerprint density at radius 1 is 0.974 bits per heavy atom. The molecular formula is C29H29N7O3. The molecule has 1 aliphatic heterocycles. The minimum atomic E-state index is -0.345. The van der Waals surface area contributed by atoms with E-state index < -0.39 is 0 Å². The smallest absolute Gasteiger partial charge is 0.230 e. The van der Waals surface area contributed by atoms with Crippen molar-refractivity contribution in [1.82, 2.24) is 28.9 Å². The Kier molecular flexibility index (Phi) is 6.36. The Bertz CT molecular complexity index is 1670. The fourth-order valence-corrected chi connectivity index (χ4v) is 5.15. The van der Waals surface area contributed by atoms with Crippen molar-refractivity contribution < 1.29 is 14.2 Å². The van der Waals surface area contributed by atoms with Crippen LogP contribution in [-0.2, 0) is 13.1 Å². The van der Waals surface area contributed by atoms with E-state index in [-0.39, 0.29) is 5.92 Å². The fraction of sp³-hybridized carbons (Fsp3) is 0.241. The highest BCUT2D eigenvalue weighted by Crippen LogP contribution is 2.48. The number of aryl methyl sites for hydroxylation is 3. The average Bonchev–Trinajstić information content (AvgIpc) is 3.61. The zero-order valence-electron chi connectivity index (χ0n) is 22.0. The predicted octanol–water partition coefficient (Wildman–Crippen LogP) is 4.45. The second-order valence-electron chi connectivity index (χ2n) is 9.36.